The first-order chi connectivity index (χ1) is 17.0. The van der Waals surface area contributed by atoms with Gasteiger partial charge in [0.1, 0.15) is 17.7 Å². The van der Waals surface area contributed by atoms with E-state index in [2.05, 4.69) is 34.2 Å². The van der Waals surface area contributed by atoms with Crippen LogP contribution in [0.3, 0.4) is 0 Å². The quantitative estimate of drug-likeness (QED) is 0.555. The highest BCUT2D eigenvalue weighted by Crippen LogP contribution is 2.38. The summed E-state index contributed by atoms with van der Waals surface area (Å²) >= 11 is 0. The molecule has 5 rings (SSSR count). The van der Waals surface area contributed by atoms with E-state index in [9.17, 15) is 9.59 Å². The van der Waals surface area contributed by atoms with Crippen LogP contribution in [0, 0.1) is 11.8 Å². The van der Waals surface area contributed by atoms with Gasteiger partial charge in [0, 0.05) is 18.3 Å². The smallest absolute Gasteiger partial charge is 0.299 e. The number of anilines is 1. The van der Waals surface area contributed by atoms with Gasteiger partial charge in [0.25, 0.3) is 11.8 Å². The van der Waals surface area contributed by atoms with Gasteiger partial charge in [0.2, 0.25) is 5.84 Å². The lowest BCUT2D eigenvalue weighted by molar-refractivity contribution is -0.713. The van der Waals surface area contributed by atoms with Crippen LogP contribution in [0.25, 0.3) is 0 Å². The number of likely N-dealkylation sites (tertiary alicyclic amines) is 1. The minimum Gasteiger partial charge on any atom is -0.323 e. The first-order valence-electron chi connectivity index (χ1n) is 11.5. The molecule has 35 heavy (non-hydrogen) atoms. The molecule has 3 aliphatic rings. The lowest BCUT2D eigenvalue weighted by Crippen LogP contribution is -2.43. The normalized spacial score (nSPS) is 22.4. The minimum atomic E-state index is -0.231. The molecule has 0 saturated carbocycles. The summed E-state index contributed by atoms with van der Waals surface area (Å²) in [6.07, 6.45) is 8.93. The zero-order chi connectivity index (χ0) is 24.4. The van der Waals surface area contributed by atoms with E-state index in [1.165, 1.54) is 0 Å². The summed E-state index contributed by atoms with van der Waals surface area (Å²) in [5.74, 6) is 6.29. The van der Waals surface area contributed by atoms with Crippen molar-refractivity contribution in [1.29, 1.82) is 0 Å². The summed E-state index contributed by atoms with van der Waals surface area (Å²) in [6, 6.07) is 12.6. The Kier molecular flexibility index (Phi) is 5.85. The number of aromatic nitrogens is 1. The standard InChI is InChI=1S/C27H24N6O2/c1-3-7-24(34)32-16-6-8-21(32)25-22-18-28-15-17-33(22,2)26(31-25)19-10-12-20(13-11-19)27(35)30-23-9-4-5-14-29-23/h4-5,9-15,17-18,21H,6,8,16H2,1-2H3/p+1. The van der Waals surface area contributed by atoms with E-state index in [4.69, 9.17) is 4.99 Å². The molecule has 174 valence electrons. The molecule has 1 saturated heterocycles. The maximum atomic E-state index is 12.6. The molecule has 4 heterocycles. The van der Waals surface area contributed by atoms with E-state index in [0.29, 0.717) is 22.4 Å². The number of amides is 2. The fourth-order valence-corrected chi connectivity index (χ4v) is 4.70. The largest absolute Gasteiger partial charge is 0.323 e. The second kappa shape index (κ2) is 9.12. The number of aliphatic imine (C=N–C) groups is 2. The molecule has 1 fully saturated rings. The van der Waals surface area contributed by atoms with Crippen molar-refractivity contribution in [3.8, 4) is 11.8 Å². The molecule has 0 aliphatic carbocycles. The van der Waals surface area contributed by atoms with Gasteiger partial charge in [-0.25, -0.2) is 9.47 Å². The van der Waals surface area contributed by atoms with Crippen molar-refractivity contribution in [3.05, 3.63) is 83.6 Å². The molecule has 8 heteroatoms. The average molecular weight is 466 g/mol. The molecule has 1 N–H and O–H groups in total. The Morgan fingerprint density at radius 3 is 2.74 bits per heavy atom. The van der Waals surface area contributed by atoms with Crippen molar-refractivity contribution in [2.45, 2.75) is 25.8 Å². The third-order valence-electron chi connectivity index (χ3n) is 6.45. The number of quaternary nitrogens is 1. The molecule has 2 unspecified atom stereocenters. The Hall–Kier alpha value is -4.35. The van der Waals surface area contributed by atoms with E-state index in [1.807, 2.05) is 35.5 Å². The molecular formula is C27H25N6O2+. The molecule has 2 amide bonds. The van der Waals surface area contributed by atoms with Crippen LogP contribution in [0.15, 0.2) is 82.4 Å². The molecule has 2 aromatic rings. The first kappa shape index (κ1) is 22.4. The fraction of sp³-hybridized carbons (Fsp3) is 0.222. The van der Waals surface area contributed by atoms with Crippen LogP contribution in [0.1, 0.15) is 35.7 Å². The highest BCUT2D eigenvalue weighted by atomic mass is 16.2. The molecule has 0 spiro atoms. The number of carbonyl (C=O) groups excluding carboxylic acids is 2. The third-order valence-corrected chi connectivity index (χ3v) is 6.45. The maximum Gasteiger partial charge on any atom is 0.299 e. The van der Waals surface area contributed by atoms with E-state index in [0.717, 1.165) is 35.6 Å². The molecule has 2 atom stereocenters. The van der Waals surface area contributed by atoms with Gasteiger partial charge in [0.05, 0.1) is 31.1 Å². The van der Waals surface area contributed by atoms with Gasteiger partial charge in [-0.05, 0) is 62.1 Å². The number of allylic oxidation sites excluding steroid dienone is 1. The van der Waals surface area contributed by atoms with E-state index >= 15 is 0 Å². The van der Waals surface area contributed by atoms with Crippen LogP contribution < -0.4 is 5.32 Å². The Morgan fingerprint density at radius 1 is 1.17 bits per heavy atom. The topological polar surface area (TPSA) is 87.0 Å². The number of hydrogen-bond acceptors (Lipinski definition) is 5. The Balaban J connectivity index is 1.45. The number of fused-ring (bicyclic) bond motifs is 1. The molecule has 8 nitrogen and oxygen atoms in total. The van der Waals surface area contributed by atoms with E-state index in [-0.39, 0.29) is 17.9 Å². The van der Waals surface area contributed by atoms with Gasteiger partial charge in [-0.2, -0.15) is 4.99 Å². The number of nitrogens with zero attached hydrogens (tertiary/aromatic N) is 5. The SMILES string of the molecule is CC#CC(=O)N1CCCC1C1=C2C=NC=C[N+]2(C)C(c2ccc(C(=O)Nc3ccccn3)cc2)=N1. The van der Waals surface area contributed by atoms with Crippen molar-refractivity contribution in [1.82, 2.24) is 9.88 Å². The van der Waals surface area contributed by atoms with Gasteiger partial charge in [-0.1, -0.05) is 12.0 Å². The van der Waals surface area contributed by atoms with Crippen LogP contribution in [0.5, 0.6) is 0 Å². The monoisotopic (exact) mass is 465 g/mol. The predicted octanol–water partition coefficient (Wildman–Crippen LogP) is 3.32. The van der Waals surface area contributed by atoms with Gasteiger partial charge in [0.15, 0.2) is 5.70 Å². The van der Waals surface area contributed by atoms with Crippen LogP contribution in [-0.4, -0.2) is 57.9 Å². The summed E-state index contributed by atoms with van der Waals surface area (Å²) in [5.41, 5.74) is 3.19. The zero-order valence-electron chi connectivity index (χ0n) is 19.6. The van der Waals surface area contributed by atoms with Crippen molar-refractivity contribution in [3.63, 3.8) is 0 Å². The van der Waals surface area contributed by atoms with Crippen molar-refractivity contribution in [2.75, 3.05) is 18.9 Å². The highest BCUT2D eigenvalue weighted by molar-refractivity contribution is 6.05. The van der Waals surface area contributed by atoms with Crippen LogP contribution in [-0.2, 0) is 4.79 Å². The van der Waals surface area contributed by atoms with Gasteiger partial charge >= 0.3 is 0 Å². The number of rotatable bonds is 4. The van der Waals surface area contributed by atoms with Crippen LogP contribution in [0.2, 0.25) is 0 Å². The third kappa shape index (κ3) is 4.07. The van der Waals surface area contributed by atoms with E-state index < -0.39 is 0 Å². The summed E-state index contributed by atoms with van der Waals surface area (Å²) in [4.78, 5) is 40.6. The first-order valence-corrected chi connectivity index (χ1v) is 11.5. The van der Waals surface area contributed by atoms with Crippen molar-refractivity contribution < 1.29 is 14.1 Å². The second-order valence-electron chi connectivity index (χ2n) is 8.64. The van der Waals surface area contributed by atoms with Crippen LogP contribution in [0.4, 0.5) is 5.82 Å². The lowest BCUT2D eigenvalue weighted by atomic mass is 10.1. The number of benzene rings is 1. The Bertz CT molecular complexity index is 1360. The zero-order valence-corrected chi connectivity index (χ0v) is 19.6. The lowest BCUT2D eigenvalue weighted by Gasteiger charge is -2.29. The number of pyridine rings is 1. The van der Waals surface area contributed by atoms with Crippen molar-refractivity contribution in [2.24, 2.45) is 9.98 Å². The predicted molar refractivity (Wildman–Crippen MR) is 134 cm³/mol. The number of nitrogens with one attached hydrogen (secondary N) is 1. The van der Waals surface area contributed by atoms with Gasteiger partial charge in [-0.3, -0.25) is 14.6 Å². The van der Waals surface area contributed by atoms with Crippen LogP contribution >= 0.6 is 0 Å². The van der Waals surface area contributed by atoms with Gasteiger partial charge < -0.3 is 10.2 Å². The van der Waals surface area contributed by atoms with Gasteiger partial charge in [-0.15, -0.1) is 0 Å². The summed E-state index contributed by atoms with van der Waals surface area (Å²) in [7, 11) is 2.05. The Labute approximate surface area is 204 Å². The molecule has 0 radical (unpaired) electrons. The number of carbonyl (C=O) groups is 2. The summed E-state index contributed by atoms with van der Waals surface area (Å²) < 4.78 is 0.344. The second-order valence-corrected chi connectivity index (χ2v) is 8.64. The highest BCUT2D eigenvalue weighted by Gasteiger charge is 2.46. The average Bonchev–Trinajstić information content (AvgIpc) is 3.47. The number of hydrogen-bond donors (Lipinski definition) is 1. The molecular weight excluding hydrogens is 440 g/mol. The summed E-state index contributed by atoms with van der Waals surface area (Å²) in [5, 5.41) is 2.80. The molecule has 1 aromatic heterocycles. The van der Waals surface area contributed by atoms with Crippen molar-refractivity contribution >= 4 is 29.7 Å². The minimum absolute atomic E-state index is 0.144. The molecule has 0 bridgehead atoms. The fourth-order valence-electron chi connectivity index (χ4n) is 4.70. The summed E-state index contributed by atoms with van der Waals surface area (Å²) in [6.45, 7) is 2.33. The number of amidine groups is 1. The Morgan fingerprint density at radius 2 is 2.00 bits per heavy atom. The molecule has 3 aliphatic heterocycles. The maximum absolute atomic E-state index is 12.6. The van der Waals surface area contributed by atoms with E-state index in [1.54, 1.807) is 43.6 Å². The molecule has 1 aromatic carbocycles.